The zero-order chi connectivity index (χ0) is 21.1. The van der Waals surface area contributed by atoms with Crippen LogP contribution in [0.4, 0.5) is 4.39 Å². The molecule has 1 saturated heterocycles. The molecule has 10 heteroatoms. The van der Waals surface area contributed by atoms with Crippen molar-refractivity contribution in [2.45, 2.75) is 44.1 Å². The molecule has 1 amide bonds. The van der Waals surface area contributed by atoms with E-state index in [1.54, 1.807) is 11.6 Å². The van der Waals surface area contributed by atoms with E-state index in [2.05, 4.69) is 25.8 Å². The highest BCUT2D eigenvalue weighted by Gasteiger charge is 2.30. The quantitative estimate of drug-likeness (QED) is 0.683. The van der Waals surface area contributed by atoms with Crippen molar-refractivity contribution in [3.63, 3.8) is 0 Å². The Morgan fingerprint density at radius 1 is 1.43 bits per heavy atom. The number of halogens is 1. The molecule has 2 aliphatic rings. The monoisotopic (exact) mass is 430 g/mol. The summed E-state index contributed by atoms with van der Waals surface area (Å²) in [5.41, 5.74) is 11.3. The normalized spacial score (nSPS) is 26.4. The largest absolute Gasteiger partial charge is 0.373 e. The van der Waals surface area contributed by atoms with E-state index in [0.29, 0.717) is 29.2 Å². The molecular formula is C20H23FN6O2S. The summed E-state index contributed by atoms with van der Waals surface area (Å²) in [5.74, 6) is -0.336. The second-order valence-electron chi connectivity index (χ2n) is 7.33. The molecule has 30 heavy (non-hydrogen) atoms. The molecular weight excluding hydrogens is 407 g/mol. The van der Waals surface area contributed by atoms with Crippen LogP contribution in [-0.2, 0) is 4.74 Å². The molecule has 1 unspecified atom stereocenters. The van der Waals surface area contributed by atoms with Gasteiger partial charge in [-0.3, -0.25) is 9.78 Å². The van der Waals surface area contributed by atoms with Gasteiger partial charge in [-0.25, -0.2) is 9.37 Å². The number of allylic oxidation sites excluding steroid dienone is 1. The molecule has 2 aromatic rings. The van der Waals surface area contributed by atoms with Crippen molar-refractivity contribution in [3.8, 4) is 10.7 Å². The zero-order valence-electron chi connectivity index (χ0n) is 16.4. The Hall–Kier alpha value is -2.69. The Morgan fingerprint density at radius 2 is 2.30 bits per heavy atom. The molecule has 4 atom stereocenters. The molecule has 158 valence electrons. The maximum absolute atomic E-state index is 13.8. The zero-order valence-corrected chi connectivity index (χ0v) is 17.2. The lowest BCUT2D eigenvalue weighted by atomic mass is 10.0. The molecule has 0 aromatic carbocycles. The summed E-state index contributed by atoms with van der Waals surface area (Å²) in [5, 5.41) is 9.31. The van der Waals surface area contributed by atoms with Crippen LogP contribution in [0, 0.1) is 6.92 Å². The van der Waals surface area contributed by atoms with Crippen LogP contribution in [0.3, 0.4) is 0 Å². The van der Waals surface area contributed by atoms with Gasteiger partial charge in [0.2, 0.25) is 0 Å². The third-order valence-corrected chi connectivity index (χ3v) is 5.96. The Labute approximate surface area is 177 Å². The number of carbonyl (C=O) groups excluding carboxylic acids is 1. The molecule has 2 aromatic heterocycles. The van der Waals surface area contributed by atoms with E-state index in [4.69, 9.17) is 10.5 Å². The van der Waals surface area contributed by atoms with E-state index in [-0.39, 0.29) is 24.7 Å². The maximum atomic E-state index is 13.8. The van der Waals surface area contributed by atoms with E-state index in [1.165, 1.54) is 17.6 Å². The number of ether oxygens (including phenoxy) is 1. The summed E-state index contributed by atoms with van der Waals surface area (Å²) < 4.78 is 19.4. The Kier molecular flexibility index (Phi) is 6.16. The molecule has 0 radical (unpaired) electrons. The molecule has 0 saturated carbocycles. The van der Waals surface area contributed by atoms with Gasteiger partial charge < -0.3 is 21.2 Å². The van der Waals surface area contributed by atoms with Crippen LogP contribution in [0.2, 0.25) is 0 Å². The lowest BCUT2D eigenvalue weighted by Crippen LogP contribution is -2.41. The molecule has 4 rings (SSSR count). The number of thiazole rings is 1. The van der Waals surface area contributed by atoms with E-state index in [9.17, 15) is 9.18 Å². The van der Waals surface area contributed by atoms with Gasteiger partial charge in [0, 0.05) is 17.6 Å². The number of aromatic nitrogens is 2. The lowest BCUT2D eigenvalue weighted by Gasteiger charge is -2.26. The van der Waals surface area contributed by atoms with E-state index in [0.717, 1.165) is 11.3 Å². The predicted octanol–water partition coefficient (Wildman–Crippen LogP) is 1.93. The minimum Gasteiger partial charge on any atom is -0.373 e. The Bertz CT molecular complexity index is 966. The van der Waals surface area contributed by atoms with Crippen molar-refractivity contribution in [1.82, 2.24) is 20.7 Å². The minimum atomic E-state index is -1.17. The van der Waals surface area contributed by atoms with Crippen molar-refractivity contribution in [1.29, 1.82) is 0 Å². The number of pyridine rings is 1. The fourth-order valence-corrected chi connectivity index (χ4v) is 4.23. The number of rotatable bonds is 4. The first-order chi connectivity index (χ1) is 14.5. The smallest absolute Gasteiger partial charge is 0.275 e. The van der Waals surface area contributed by atoms with Crippen molar-refractivity contribution in [2.75, 3.05) is 6.61 Å². The summed E-state index contributed by atoms with van der Waals surface area (Å²) in [6, 6.07) is 3.00. The Morgan fingerprint density at radius 3 is 3.13 bits per heavy atom. The summed E-state index contributed by atoms with van der Waals surface area (Å²) >= 11 is 1.37. The van der Waals surface area contributed by atoms with Crippen LogP contribution in [0.1, 0.15) is 28.9 Å². The number of nitrogens with one attached hydrogen (secondary N) is 2. The number of aryl methyl sites for hydroxylation is 1. The summed E-state index contributed by atoms with van der Waals surface area (Å²) in [6.07, 6.45) is 4.71. The maximum Gasteiger partial charge on any atom is 0.275 e. The Balaban J connectivity index is 1.43. The predicted molar refractivity (Wildman–Crippen MR) is 113 cm³/mol. The fourth-order valence-electron chi connectivity index (χ4n) is 3.37. The van der Waals surface area contributed by atoms with Gasteiger partial charge in [0.05, 0.1) is 30.7 Å². The first-order valence-electron chi connectivity index (χ1n) is 9.72. The average molecular weight is 431 g/mol. The highest BCUT2D eigenvalue weighted by atomic mass is 32.1. The highest BCUT2D eigenvalue weighted by Crippen LogP contribution is 2.25. The van der Waals surface area contributed by atoms with E-state index >= 15 is 0 Å². The molecule has 0 spiro atoms. The van der Waals surface area contributed by atoms with Crippen molar-refractivity contribution in [3.05, 3.63) is 46.7 Å². The third kappa shape index (κ3) is 4.55. The highest BCUT2D eigenvalue weighted by molar-refractivity contribution is 7.13. The van der Waals surface area contributed by atoms with Crippen molar-refractivity contribution < 1.29 is 13.9 Å². The molecule has 0 bridgehead atoms. The number of hydrazone groups is 1. The number of nitrogens with two attached hydrogens (primary N) is 1. The number of hydrogen-bond acceptors (Lipinski definition) is 8. The first kappa shape index (κ1) is 20.6. The minimum absolute atomic E-state index is 0.0439. The summed E-state index contributed by atoms with van der Waals surface area (Å²) in [7, 11) is 0. The molecule has 2 aliphatic heterocycles. The first-order valence-corrected chi connectivity index (χ1v) is 10.6. The molecule has 0 aliphatic carbocycles. The third-order valence-electron chi connectivity index (χ3n) is 5.11. The van der Waals surface area contributed by atoms with Crippen LogP contribution in [-0.4, -0.2) is 53.1 Å². The average Bonchev–Trinajstić information content (AvgIpc) is 3.17. The van der Waals surface area contributed by atoms with Gasteiger partial charge in [0.25, 0.3) is 5.91 Å². The lowest BCUT2D eigenvalue weighted by molar-refractivity contribution is 0.0167. The van der Waals surface area contributed by atoms with Crippen LogP contribution < -0.4 is 16.5 Å². The number of amides is 1. The van der Waals surface area contributed by atoms with Crippen LogP contribution in [0.5, 0.6) is 0 Å². The van der Waals surface area contributed by atoms with Crippen molar-refractivity contribution >= 4 is 23.5 Å². The van der Waals surface area contributed by atoms with Crippen molar-refractivity contribution in [2.24, 2.45) is 10.8 Å². The van der Waals surface area contributed by atoms with Gasteiger partial charge in [-0.05, 0) is 37.5 Å². The van der Waals surface area contributed by atoms with E-state index < -0.39 is 12.2 Å². The molecule has 4 N–H and O–H groups in total. The fraction of sp³-hybridized carbons (Fsp3) is 0.400. The van der Waals surface area contributed by atoms with Crippen LogP contribution >= 0.6 is 11.3 Å². The topological polar surface area (TPSA) is 115 Å². The molecule has 8 nitrogen and oxygen atoms in total. The number of nitrogens with zero attached hydrogens (tertiary/aromatic N) is 3. The number of hydrogen-bond donors (Lipinski definition) is 3. The van der Waals surface area contributed by atoms with Crippen LogP contribution in [0.15, 0.2) is 40.6 Å². The van der Waals surface area contributed by atoms with Gasteiger partial charge in [-0.1, -0.05) is 6.07 Å². The number of carbonyl (C=O) groups is 1. The molecule has 4 heterocycles. The van der Waals surface area contributed by atoms with Crippen LogP contribution in [0.25, 0.3) is 10.7 Å². The van der Waals surface area contributed by atoms with Gasteiger partial charge in [-0.2, -0.15) is 5.10 Å². The van der Waals surface area contributed by atoms with E-state index in [1.807, 2.05) is 25.1 Å². The standard InChI is InChI=1S/C20H23FN6O2S/c1-11-3-2-6-23-18(11)20-26-16(10-30-20)19(28)25-12-7-15(27-24-8-12)17-5-4-14(22)13(21)9-29-17/h2-3,6-8,10,13-15,17,27H,4-5,9,22H2,1H3,(H,25,28)/t13-,14-,15?,17+/m0/s1. The van der Waals surface area contributed by atoms with Gasteiger partial charge in [0.15, 0.2) is 0 Å². The summed E-state index contributed by atoms with van der Waals surface area (Å²) in [6.45, 7) is 1.91. The van der Waals surface area contributed by atoms with Gasteiger partial charge >= 0.3 is 0 Å². The van der Waals surface area contributed by atoms with Gasteiger partial charge in [0.1, 0.15) is 22.6 Å². The molecule has 1 fully saturated rings. The summed E-state index contributed by atoms with van der Waals surface area (Å²) in [4.78, 5) is 21.4. The van der Waals surface area contributed by atoms with Gasteiger partial charge in [-0.15, -0.1) is 11.3 Å². The SMILES string of the molecule is Cc1cccnc1-c1nc(C(=O)NC2=CC([C@H]3CC[C@H](N)[C@@H](F)CO3)NN=C2)cs1. The number of alkyl halides is 1. The second-order valence-corrected chi connectivity index (χ2v) is 8.18. The second kappa shape index (κ2) is 8.99.